The van der Waals surface area contributed by atoms with E-state index in [9.17, 15) is 9.59 Å². The van der Waals surface area contributed by atoms with Gasteiger partial charge in [0, 0.05) is 18.9 Å². The Labute approximate surface area is 165 Å². The summed E-state index contributed by atoms with van der Waals surface area (Å²) in [6, 6.07) is 19.3. The summed E-state index contributed by atoms with van der Waals surface area (Å²) in [6.45, 7) is 1.93. The van der Waals surface area contributed by atoms with E-state index in [-0.39, 0.29) is 17.5 Å². The first-order chi connectivity index (χ1) is 14.2. The number of nitrogens with zero attached hydrogens (tertiary/aromatic N) is 1. The third-order valence-electron chi connectivity index (χ3n) is 3.90. The van der Waals surface area contributed by atoms with Crippen LogP contribution < -0.4 is 10.9 Å². The predicted octanol–water partition coefficient (Wildman–Crippen LogP) is 4.13. The highest BCUT2D eigenvalue weighted by Gasteiger charge is 2.06. The molecule has 0 aliphatic heterocycles. The molecule has 6 heteroatoms. The van der Waals surface area contributed by atoms with Crippen LogP contribution in [-0.2, 0) is 0 Å². The highest BCUT2D eigenvalue weighted by Crippen LogP contribution is 2.15. The first-order valence-corrected chi connectivity index (χ1v) is 8.99. The van der Waals surface area contributed by atoms with Gasteiger partial charge in [0.25, 0.3) is 0 Å². The molecule has 6 nitrogen and oxygen atoms in total. The molecule has 0 fully saturated rings. The zero-order valence-corrected chi connectivity index (χ0v) is 15.7. The third-order valence-corrected chi connectivity index (χ3v) is 3.90. The van der Waals surface area contributed by atoms with Gasteiger partial charge in [-0.3, -0.25) is 9.59 Å². The number of aliphatic hydroxyl groups excluding tert-OH is 1. The van der Waals surface area contributed by atoms with Crippen LogP contribution in [0.4, 0.5) is 0 Å². The molecule has 0 saturated carbocycles. The van der Waals surface area contributed by atoms with E-state index in [1.807, 2.05) is 24.3 Å². The van der Waals surface area contributed by atoms with Gasteiger partial charge in [0.05, 0.1) is 17.0 Å². The molecule has 2 aromatic carbocycles. The molecule has 1 N–H and O–H groups in total. The highest BCUT2D eigenvalue weighted by molar-refractivity contribution is 5.87. The number of aliphatic hydroxyl groups is 1. The second-order valence-corrected chi connectivity index (χ2v) is 5.87. The lowest BCUT2D eigenvalue weighted by molar-refractivity contribution is 0.318. The normalized spacial score (nSPS) is 10.1. The standard InChI is InChI=1S/C12H7NO2.C9H6O2.C2H6O/c14-12-8-4-1-2-5-9(8)15-10-6-3-7-13-11(10)12;10-8-5-6-11-9-4-2-1-3-7(8)9;1-2-3/h1-7H;1-6H;3H,2H2,1H3. The van der Waals surface area contributed by atoms with Gasteiger partial charge in [-0.1, -0.05) is 24.3 Å². The molecule has 3 heterocycles. The van der Waals surface area contributed by atoms with E-state index < -0.39 is 0 Å². The van der Waals surface area contributed by atoms with E-state index in [4.69, 9.17) is 13.9 Å². The van der Waals surface area contributed by atoms with Crippen molar-refractivity contribution in [3.05, 3.63) is 99.6 Å². The number of hydrogen-bond donors (Lipinski definition) is 1. The SMILES string of the molecule is CCO.O=c1c2ccccc2oc2cccnc12.O=c1ccoc2ccccc12. The van der Waals surface area contributed by atoms with Gasteiger partial charge in [-0.05, 0) is 43.3 Å². The molecule has 0 bridgehead atoms. The Morgan fingerprint density at radius 2 is 1.45 bits per heavy atom. The molecule has 5 aromatic rings. The first kappa shape index (κ1) is 20.0. The van der Waals surface area contributed by atoms with Crippen LogP contribution in [0.3, 0.4) is 0 Å². The number of hydrogen-bond acceptors (Lipinski definition) is 6. The van der Waals surface area contributed by atoms with E-state index in [1.54, 1.807) is 49.5 Å². The third kappa shape index (κ3) is 4.56. The molecule has 5 rings (SSSR count). The Kier molecular flexibility index (Phi) is 6.50. The van der Waals surface area contributed by atoms with Crippen LogP contribution in [0.15, 0.2) is 97.6 Å². The Morgan fingerprint density at radius 1 is 0.828 bits per heavy atom. The minimum atomic E-state index is -0.0764. The van der Waals surface area contributed by atoms with Gasteiger partial charge in [0.2, 0.25) is 5.43 Å². The lowest BCUT2D eigenvalue weighted by atomic mass is 10.2. The van der Waals surface area contributed by atoms with Crippen LogP contribution in [-0.4, -0.2) is 16.7 Å². The van der Waals surface area contributed by atoms with Gasteiger partial charge in [0.1, 0.15) is 11.2 Å². The van der Waals surface area contributed by atoms with Gasteiger partial charge in [-0.2, -0.15) is 0 Å². The van der Waals surface area contributed by atoms with E-state index in [1.165, 1.54) is 12.3 Å². The van der Waals surface area contributed by atoms with Crippen LogP contribution in [0.5, 0.6) is 0 Å². The van der Waals surface area contributed by atoms with Crippen LogP contribution >= 0.6 is 0 Å². The number of rotatable bonds is 0. The Bertz CT molecular complexity index is 1290. The van der Waals surface area contributed by atoms with Crippen molar-refractivity contribution < 1.29 is 13.9 Å². The van der Waals surface area contributed by atoms with Crippen LogP contribution in [0.25, 0.3) is 33.0 Å². The summed E-state index contributed by atoms with van der Waals surface area (Å²) in [5.74, 6) is 0. The number of pyridine rings is 1. The van der Waals surface area contributed by atoms with Crippen molar-refractivity contribution in [2.24, 2.45) is 0 Å². The molecule has 0 spiro atoms. The van der Waals surface area contributed by atoms with Crippen molar-refractivity contribution in [1.82, 2.24) is 4.98 Å². The van der Waals surface area contributed by atoms with Crippen molar-refractivity contribution in [3.8, 4) is 0 Å². The minimum Gasteiger partial charge on any atom is -0.464 e. The van der Waals surface area contributed by atoms with Crippen molar-refractivity contribution in [3.63, 3.8) is 0 Å². The number of aromatic nitrogens is 1. The molecule has 3 aromatic heterocycles. The predicted molar refractivity (Wildman–Crippen MR) is 113 cm³/mol. The van der Waals surface area contributed by atoms with Crippen LogP contribution in [0, 0.1) is 0 Å². The summed E-state index contributed by atoms with van der Waals surface area (Å²) < 4.78 is 10.7. The summed E-state index contributed by atoms with van der Waals surface area (Å²) in [5, 5.41) is 8.78. The fourth-order valence-corrected chi connectivity index (χ4v) is 2.66. The Morgan fingerprint density at radius 3 is 2.17 bits per heavy atom. The molecule has 0 aliphatic carbocycles. The molecule has 0 aliphatic rings. The summed E-state index contributed by atoms with van der Waals surface area (Å²) in [7, 11) is 0. The Balaban J connectivity index is 0.000000152. The zero-order chi connectivity index (χ0) is 20.6. The van der Waals surface area contributed by atoms with E-state index in [0.717, 1.165) is 0 Å². The summed E-state index contributed by atoms with van der Waals surface area (Å²) >= 11 is 0. The van der Waals surface area contributed by atoms with Crippen molar-refractivity contribution in [2.45, 2.75) is 6.92 Å². The van der Waals surface area contributed by atoms with E-state index >= 15 is 0 Å². The maximum Gasteiger partial charge on any atom is 0.218 e. The zero-order valence-electron chi connectivity index (χ0n) is 15.7. The largest absolute Gasteiger partial charge is 0.464 e. The average Bonchev–Trinajstić information content (AvgIpc) is 2.76. The smallest absolute Gasteiger partial charge is 0.218 e. The van der Waals surface area contributed by atoms with E-state index in [0.29, 0.717) is 33.0 Å². The lowest BCUT2D eigenvalue weighted by Crippen LogP contribution is -2.03. The molecule has 0 atom stereocenters. The van der Waals surface area contributed by atoms with Crippen molar-refractivity contribution in [1.29, 1.82) is 0 Å². The minimum absolute atomic E-state index is 0.00634. The fraction of sp³-hybridized carbons (Fsp3) is 0.0870. The second-order valence-electron chi connectivity index (χ2n) is 5.87. The molecule has 0 amide bonds. The van der Waals surface area contributed by atoms with Crippen LogP contribution in [0.2, 0.25) is 0 Å². The maximum absolute atomic E-state index is 12.0. The molecule has 0 unspecified atom stereocenters. The highest BCUT2D eigenvalue weighted by atomic mass is 16.3. The molecule has 29 heavy (non-hydrogen) atoms. The topological polar surface area (TPSA) is 93.5 Å². The second kappa shape index (κ2) is 9.43. The van der Waals surface area contributed by atoms with E-state index in [2.05, 4.69) is 4.98 Å². The first-order valence-electron chi connectivity index (χ1n) is 8.99. The molecule has 0 saturated heterocycles. The number of benzene rings is 2. The molecular weight excluding hydrogens is 370 g/mol. The van der Waals surface area contributed by atoms with Crippen molar-refractivity contribution in [2.75, 3.05) is 6.61 Å². The summed E-state index contributed by atoms with van der Waals surface area (Å²) in [5.41, 5.74) is 2.08. The van der Waals surface area contributed by atoms with Gasteiger partial charge in [-0.25, -0.2) is 4.98 Å². The molecule has 0 radical (unpaired) electrons. The molecular formula is C23H19NO5. The quantitative estimate of drug-likeness (QED) is 0.400. The maximum atomic E-state index is 12.0. The fourth-order valence-electron chi connectivity index (χ4n) is 2.66. The van der Waals surface area contributed by atoms with Gasteiger partial charge in [-0.15, -0.1) is 0 Å². The summed E-state index contributed by atoms with van der Waals surface area (Å²) in [4.78, 5) is 27.1. The van der Waals surface area contributed by atoms with Gasteiger partial charge >= 0.3 is 0 Å². The average molecular weight is 389 g/mol. The van der Waals surface area contributed by atoms with Crippen LogP contribution in [0.1, 0.15) is 6.92 Å². The lowest BCUT2D eigenvalue weighted by Gasteiger charge is -1.98. The van der Waals surface area contributed by atoms with Gasteiger partial charge in [0.15, 0.2) is 16.5 Å². The number of para-hydroxylation sites is 2. The molecule has 146 valence electrons. The van der Waals surface area contributed by atoms with Crippen molar-refractivity contribution >= 4 is 33.0 Å². The van der Waals surface area contributed by atoms with Gasteiger partial charge < -0.3 is 13.9 Å². The monoisotopic (exact) mass is 389 g/mol. The Hall–Kier alpha value is -3.77. The number of fused-ring (bicyclic) bond motifs is 3. The summed E-state index contributed by atoms with van der Waals surface area (Å²) in [6.07, 6.45) is 3.00.